The summed E-state index contributed by atoms with van der Waals surface area (Å²) in [5, 5.41) is 7.22. The number of nitrogens with one attached hydrogen (secondary N) is 2. The summed E-state index contributed by atoms with van der Waals surface area (Å²) in [5.74, 6) is 0. The molecule has 23 heavy (non-hydrogen) atoms. The van der Waals surface area contributed by atoms with Crippen molar-refractivity contribution < 1.29 is 5.01 Å². The van der Waals surface area contributed by atoms with Crippen LogP contribution in [0.4, 0.5) is 11.4 Å². The van der Waals surface area contributed by atoms with Gasteiger partial charge >= 0.3 is 0 Å². The van der Waals surface area contributed by atoms with Crippen molar-refractivity contribution in [2.75, 3.05) is 10.3 Å². The largest absolute Gasteiger partial charge is 0.702 e. The third-order valence-corrected chi connectivity index (χ3v) is 4.89. The van der Waals surface area contributed by atoms with Gasteiger partial charge in [-0.3, -0.25) is 0 Å². The molecule has 2 N–H and O–H groups in total. The fourth-order valence-electron chi connectivity index (χ4n) is 3.73. The molecule has 0 bridgehead atoms. The summed E-state index contributed by atoms with van der Waals surface area (Å²) in [4.78, 5) is 0. The van der Waals surface area contributed by atoms with E-state index >= 15 is 0 Å². The van der Waals surface area contributed by atoms with Gasteiger partial charge < -0.3 is 17.9 Å². The lowest BCUT2D eigenvalue weighted by Crippen LogP contribution is -3.24. The lowest BCUT2D eigenvalue weighted by atomic mass is 9.98. The smallest absolute Gasteiger partial charge is 0.109 e. The minimum atomic E-state index is -0.116. The van der Waals surface area contributed by atoms with E-state index in [2.05, 4.69) is 73.6 Å². The highest BCUT2D eigenvalue weighted by Crippen LogP contribution is 2.28. The van der Waals surface area contributed by atoms with E-state index in [0.717, 1.165) is 12.1 Å². The molecular weight excluding hydrogens is 302 g/mol. The van der Waals surface area contributed by atoms with Crippen LogP contribution in [-0.4, -0.2) is 17.1 Å². The van der Waals surface area contributed by atoms with E-state index in [0.29, 0.717) is 6.04 Å². The minimum absolute atomic E-state index is 0.0749. The number of hydrogen-bond donors (Lipinski definition) is 2. The van der Waals surface area contributed by atoms with Crippen LogP contribution in [0, 0.1) is 0 Å². The van der Waals surface area contributed by atoms with E-state index in [-0.39, 0.29) is 11.0 Å². The van der Waals surface area contributed by atoms with Gasteiger partial charge in [-0.2, -0.15) is 0 Å². The maximum atomic E-state index is 5.85. The van der Waals surface area contributed by atoms with E-state index in [1.54, 1.807) is 0 Å². The molecule has 0 spiro atoms. The second-order valence-corrected chi connectivity index (χ2v) is 7.38. The Morgan fingerprint density at radius 2 is 1.65 bits per heavy atom. The molecule has 0 radical (unpaired) electrons. The molecule has 1 fully saturated rings. The van der Waals surface area contributed by atoms with Gasteiger partial charge in [-0.15, -0.1) is 0 Å². The number of rotatable bonds is 4. The monoisotopic (exact) mass is 327 g/mol. The Bertz CT molecular complexity index is 630. The van der Waals surface area contributed by atoms with Crippen molar-refractivity contribution in [2.24, 2.45) is 0 Å². The Labute approximate surface area is 144 Å². The van der Waals surface area contributed by atoms with Crippen molar-refractivity contribution in [3.63, 3.8) is 0 Å². The molecular formula is C19H25N3S. The maximum Gasteiger partial charge on any atom is 0.109 e. The Morgan fingerprint density at radius 3 is 2.26 bits per heavy atom. The highest BCUT2D eigenvalue weighted by Gasteiger charge is 2.47. The van der Waals surface area contributed by atoms with Crippen molar-refractivity contribution in [3.05, 3.63) is 60.7 Å². The average Bonchev–Trinajstić information content (AvgIpc) is 2.78. The van der Waals surface area contributed by atoms with Crippen molar-refractivity contribution >= 4 is 24.0 Å². The average molecular weight is 327 g/mol. The van der Waals surface area contributed by atoms with Crippen LogP contribution in [0.5, 0.6) is 0 Å². The molecule has 3 nitrogen and oxygen atoms in total. The zero-order chi connectivity index (χ0) is 16.4. The number of anilines is 2. The molecule has 2 unspecified atom stereocenters. The van der Waals surface area contributed by atoms with Crippen molar-refractivity contribution in [3.8, 4) is 0 Å². The summed E-state index contributed by atoms with van der Waals surface area (Å²) in [6, 6.07) is 21.3. The minimum Gasteiger partial charge on any atom is -0.702 e. The summed E-state index contributed by atoms with van der Waals surface area (Å²) < 4.78 is 0. The van der Waals surface area contributed by atoms with Gasteiger partial charge in [-0.1, -0.05) is 36.4 Å². The van der Waals surface area contributed by atoms with Crippen LogP contribution in [0.2, 0.25) is 0 Å². The van der Waals surface area contributed by atoms with Gasteiger partial charge in [0.25, 0.3) is 0 Å². The first-order valence-corrected chi connectivity index (χ1v) is 8.65. The van der Waals surface area contributed by atoms with Crippen LogP contribution in [0.3, 0.4) is 0 Å². The Hall–Kier alpha value is -1.65. The van der Waals surface area contributed by atoms with Gasteiger partial charge in [-0.05, 0) is 45.0 Å². The molecule has 3 rings (SSSR count). The second-order valence-electron chi connectivity index (χ2n) is 6.90. The summed E-state index contributed by atoms with van der Waals surface area (Å²) in [7, 11) is 0. The number of hydrogen-bond acceptors (Lipinski definition) is 3. The number of nitrogens with zero attached hydrogens (tertiary/aromatic N) is 1. The first kappa shape index (κ1) is 16.2. The van der Waals surface area contributed by atoms with E-state index < -0.39 is 0 Å². The Balaban J connectivity index is 1.88. The molecule has 1 aliphatic heterocycles. The molecule has 2 aromatic rings. The van der Waals surface area contributed by atoms with Crippen molar-refractivity contribution in [1.82, 2.24) is 0 Å². The van der Waals surface area contributed by atoms with Gasteiger partial charge in [0.15, 0.2) is 0 Å². The van der Waals surface area contributed by atoms with Gasteiger partial charge in [0.2, 0.25) is 0 Å². The fourth-order valence-corrected chi connectivity index (χ4v) is 4.20. The topological polar surface area (TPSA) is 19.7 Å². The van der Waals surface area contributed by atoms with Crippen LogP contribution in [0.1, 0.15) is 27.2 Å². The number of quaternary nitrogens is 1. The van der Waals surface area contributed by atoms with Crippen LogP contribution in [0.15, 0.2) is 60.7 Å². The van der Waals surface area contributed by atoms with Crippen LogP contribution >= 0.6 is 0 Å². The Morgan fingerprint density at radius 1 is 1.09 bits per heavy atom. The molecule has 0 aliphatic carbocycles. The lowest BCUT2D eigenvalue weighted by molar-refractivity contribution is -0.928. The van der Waals surface area contributed by atoms with E-state index in [1.165, 1.54) is 10.7 Å². The number of benzene rings is 2. The predicted molar refractivity (Wildman–Crippen MR) is 99.3 cm³/mol. The quantitative estimate of drug-likeness (QED) is 0.843. The number of para-hydroxylation sites is 2. The summed E-state index contributed by atoms with van der Waals surface area (Å²) in [6.45, 7) is 6.88. The highest BCUT2D eigenvalue weighted by molar-refractivity contribution is 7.59. The van der Waals surface area contributed by atoms with Crippen LogP contribution in [0.25, 0.3) is 0 Å². The molecule has 0 saturated carbocycles. The highest BCUT2D eigenvalue weighted by atomic mass is 32.1. The molecule has 4 heteroatoms. The second kappa shape index (κ2) is 6.46. The van der Waals surface area contributed by atoms with E-state index in [1.807, 2.05) is 18.2 Å². The van der Waals surface area contributed by atoms with Gasteiger partial charge in [-0.25, -0.2) is 10.0 Å². The summed E-state index contributed by atoms with van der Waals surface area (Å²) >= 11 is 5.85. The zero-order valence-electron chi connectivity index (χ0n) is 14.0. The molecule has 3 atom stereocenters. The van der Waals surface area contributed by atoms with Gasteiger partial charge in [0.1, 0.15) is 6.04 Å². The SMILES string of the molecule is C[C@@H]1CC(C)(C)N(c2ccccc2)[NH+]1C([S-])Nc1ccccc1. The first-order valence-electron chi connectivity index (χ1n) is 8.18. The van der Waals surface area contributed by atoms with E-state index in [9.17, 15) is 0 Å². The van der Waals surface area contributed by atoms with Crippen molar-refractivity contribution in [1.29, 1.82) is 0 Å². The van der Waals surface area contributed by atoms with Gasteiger partial charge in [0.05, 0.1) is 16.7 Å². The summed E-state index contributed by atoms with van der Waals surface area (Å²) in [5.41, 5.74) is 2.26. The molecule has 0 amide bonds. The molecule has 1 saturated heterocycles. The molecule has 0 aromatic heterocycles. The zero-order valence-corrected chi connectivity index (χ0v) is 14.8. The maximum absolute atomic E-state index is 5.85. The molecule has 1 heterocycles. The third-order valence-electron chi connectivity index (χ3n) is 4.53. The van der Waals surface area contributed by atoms with Crippen LogP contribution in [-0.2, 0) is 12.6 Å². The molecule has 122 valence electrons. The fraction of sp³-hybridized carbons (Fsp3) is 0.368. The van der Waals surface area contributed by atoms with Gasteiger partial charge in [0, 0.05) is 12.1 Å². The van der Waals surface area contributed by atoms with Crippen LogP contribution < -0.4 is 15.3 Å². The molecule has 2 aromatic carbocycles. The van der Waals surface area contributed by atoms with Crippen molar-refractivity contribution in [2.45, 2.75) is 44.3 Å². The standard InChI is InChI=1S/C19H25N3S/c1-15-14-19(2,3)22(17-12-8-5-9-13-17)21(15)18(23)20-16-10-6-4-7-11-16/h4-13,15,18,20,23H,14H2,1-3H3/t15-,18?/m1/s1. The first-order chi connectivity index (χ1) is 11.0. The summed E-state index contributed by atoms with van der Waals surface area (Å²) in [6.07, 6.45) is 1.11. The predicted octanol–water partition coefficient (Wildman–Crippen LogP) is 2.81. The third kappa shape index (κ3) is 3.33. The lowest BCUT2D eigenvalue weighted by Gasteiger charge is -2.43. The molecule has 1 aliphatic rings. The van der Waals surface area contributed by atoms with E-state index in [4.69, 9.17) is 12.6 Å². The normalized spacial score (nSPS) is 24.4. The Kier molecular flexibility index (Phi) is 4.55.